The van der Waals surface area contributed by atoms with Gasteiger partial charge in [0.25, 0.3) is 0 Å². The molecule has 4 nitrogen and oxygen atoms in total. The molecule has 0 unspecified atom stereocenters. The monoisotopic (exact) mass is 243 g/mol. The first-order chi connectivity index (χ1) is 8.65. The van der Waals surface area contributed by atoms with Gasteiger partial charge in [0, 0.05) is 20.1 Å². The summed E-state index contributed by atoms with van der Waals surface area (Å²) >= 11 is 0. The highest BCUT2D eigenvalue weighted by Gasteiger charge is 2.52. The van der Waals surface area contributed by atoms with Crippen molar-refractivity contribution >= 4 is 5.91 Å². The van der Waals surface area contributed by atoms with Crippen molar-refractivity contribution in [3.63, 3.8) is 0 Å². The molecule has 0 aromatic heterocycles. The minimum atomic E-state index is -0.345. The molecule has 94 valence electrons. The van der Waals surface area contributed by atoms with Gasteiger partial charge in [0.05, 0.1) is 11.5 Å². The lowest BCUT2D eigenvalue weighted by Gasteiger charge is -2.44. The summed E-state index contributed by atoms with van der Waals surface area (Å²) in [4.78, 5) is 14.0. The first kappa shape index (κ1) is 11.3. The fourth-order valence-electron chi connectivity index (χ4n) is 2.96. The first-order valence-electron chi connectivity index (χ1n) is 6.16. The lowest BCUT2D eigenvalue weighted by atomic mass is 9.78. The molecule has 0 spiro atoms. The quantitative estimate of drug-likeness (QED) is 0.760. The molecule has 2 N–H and O–H groups in total. The summed E-state index contributed by atoms with van der Waals surface area (Å²) in [7, 11) is 1.77. The molecule has 2 fully saturated rings. The molecule has 3 rings (SSSR count). The van der Waals surface area contributed by atoms with Crippen LogP contribution in [0, 0.1) is 5.92 Å². The van der Waals surface area contributed by atoms with Crippen molar-refractivity contribution < 1.29 is 4.79 Å². The molecular formula is C14H17N3O. The molecule has 1 amide bonds. The molecule has 18 heavy (non-hydrogen) atoms. The number of hydrogen-bond acceptors (Lipinski definition) is 3. The Bertz CT molecular complexity index is 499. The summed E-state index contributed by atoms with van der Waals surface area (Å²) < 4.78 is 0. The number of nitrogens with one attached hydrogen (secondary N) is 2. The topological polar surface area (TPSA) is 44.4 Å². The molecule has 2 aliphatic rings. The average molecular weight is 243 g/mol. The predicted molar refractivity (Wildman–Crippen MR) is 69.5 cm³/mol. The van der Waals surface area contributed by atoms with Crippen molar-refractivity contribution in [2.24, 2.45) is 5.92 Å². The van der Waals surface area contributed by atoms with Crippen molar-refractivity contribution in [3.05, 3.63) is 48.3 Å². The smallest absolute Gasteiger partial charge is 0.234 e. The SMILES string of the molecule is C=C1N[C@@]2(c3ccccc3)CNC[C@H]2C(=O)N1C. The maximum Gasteiger partial charge on any atom is 0.234 e. The van der Waals surface area contributed by atoms with Gasteiger partial charge < -0.3 is 15.5 Å². The highest BCUT2D eigenvalue weighted by atomic mass is 16.2. The van der Waals surface area contributed by atoms with Gasteiger partial charge in [-0.25, -0.2) is 0 Å². The Morgan fingerprint density at radius 2 is 2.11 bits per heavy atom. The second-order valence-corrected chi connectivity index (χ2v) is 4.99. The Balaban J connectivity index is 2.09. The van der Waals surface area contributed by atoms with E-state index in [4.69, 9.17) is 0 Å². The maximum atomic E-state index is 12.4. The van der Waals surface area contributed by atoms with Crippen molar-refractivity contribution in [1.29, 1.82) is 0 Å². The van der Waals surface area contributed by atoms with Gasteiger partial charge in [0.1, 0.15) is 5.82 Å². The molecule has 0 bridgehead atoms. The number of carbonyl (C=O) groups is 1. The van der Waals surface area contributed by atoms with E-state index < -0.39 is 0 Å². The third-order valence-corrected chi connectivity index (χ3v) is 4.04. The lowest BCUT2D eigenvalue weighted by Crippen LogP contribution is -2.60. The summed E-state index contributed by atoms with van der Waals surface area (Å²) in [5.74, 6) is 0.729. The molecule has 0 saturated carbocycles. The van der Waals surface area contributed by atoms with Gasteiger partial charge in [0.15, 0.2) is 0 Å². The number of hydrogen-bond donors (Lipinski definition) is 2. The Kier molecular flexibility index (Phi) is 2.41. The van der Waals surface area contributed by atoms with Crippen LogP contribution >= 0.6 is 0 Å². The lowest BCUT2D eigenvalue weighted by molar-refractivity contribution is -0.137. The van der Waals surface area contributed by atoms with Crippen LogP contribution in [-0.4, -0.2) is 30.9 Å². The average Bonchev–Trinajstić information content (AvgIpc) is 2.82. The van der Waals surface area contributed by atoms with Crippen LogP contribution in [0.4, 0.5) is 0 Å². The van der Waals surface area contributed by atoms with Crippen LogP contribution in [-0.2, 0) is 10.3 Å². The summed E-state index contributed by atoms with van der Waals surface area (Å²) in [6.45, 7) is 5.40. The molecule has 1 aromatic rings. The van der Waals surface area contributed by atoms with E-state index in [0.29, 0.717) is 12.4 Å². The van der Waals surface area contributed by atoms with Crippen LogP contribution < -0.4 is 10.6 Å². The highest BCUT2D eigenvalue weighted by molar-refractivity contribution is 5.84. The number of rotatable bonds is 1. The van der Waals surface area contributed by atoms with Crippen LogP contribution in [0.5, 0.6) is 0 Å². The Morgan fingerprint density at radius 3 is 2.83 bits per heavy atom. The number of fused-ring (bicyclic) bond motifs is 1. The van der Waals surface area contributed by atoms with Crippen LogP contribution in [0.3, 0.4) is 0 Å². The van der Waals surface area contributed by atoms with Gasteiger partial charge in [0.2, 0.25) is 5.91 Å². The molecule has 0 radical (unpaired) electrons. The Labute approximate surface area is 107 Å². The molecule has 4 heteroatoms. The van der Waals surface area contributed by atoms with Gasteiger partial charge in [-0.3, -0.25) is 4.79 Å². The number of carbonyl (C=O) groups excluding carboxylic acids is 1. The third kappa shape index (κ3) is 1.39. The van der Waals surface area contributed by atoms with E-state index in [0.717, 1.165) is 12.1 Å². The van der Waals surface area contributed by atoms with E-state index in [1.807, 2.05) is 18.2 Å². The van der Waals surface area contributed by atoms with Gasteiger partial charge in [-0.15, -0.1) is 0 Å². The van der Waals surface area contributed by atoms with Crippen molar-refractivity contribution in [3.8, 4) is 0 Å². The number of benzene rings is 1. The normalized spacial score (nSPS) is 31.2. The number of amides is 1. The van der Waals surface area contributed by atoms with Crippen LogP contribution in [0.15, 0.2) is 42.7 Å². The van der Waals surface area contributed by atoms with Gasteiger partial charge in [-0.2, -0.15) is 0 Å². The second kappa shape index (κ2) is 3.85. The van der Waals surface area contributed by atoms with E-state index in [-0.39, 0.29) is 17.4 Å². The summed E-state index contributed by atoms with van der Waals surface area (Å²) in [6, 6.07) is 10.1. The molecular weight excluding hydrogens is 226 g/mol. The minimum Gasteiger partial charge on any atom is -0.360 e. The predicted octanol–water partition coefficient (Wildman–Crippen LogP) is 0.634. The fourth-order valence-corrected chi connectivity index (χ4v) is 2.96. The largest absolute Gasteiger partial charge is 0.360 e. The van der Waals surface area contributed by atoms with Crippen LogP contribution in [0.25, 0.3) is 0 Å². The maximum absolute atomic E-state index is 12.4. The molecule has 2 saturated heterocycles. The van der Waals surface area contributed by atoms with Crippen LogP contribution in [0.1, 0.15) is 5.56 Å². The molecule has 2 atom stereocenters. The third-order valence-electron chi connectivity index (χ3n) is 4.04. The Morgan fingerprint density at radius 1 is 1.39 bits per heavy atom. The van der Waals surface area contributed by atoms with Gasteiger partial charge in [-0.05, 0) is 5.56 Å². The van der Waals surface area contributed by atoms with E-state index in [1.165, 1.54) is 0 Å². The summed E-state index contributed by atoms with van der Waals surface area (Å²) in [5.41, 5.74) is 0.796. The molecule has 1 aromatic carbocycles. The van der Waals surface area contributed by atoms with E-state index in [1.54, 1.807) is 11.9 Å². The second-order valence-electron chi connectivity index (χ2n) is 4.99. The molecule has 2 heterocycles. The van der Waals surface area contributed by atoms with Crippen molar-refractivity contribution in [1.82, 2.24) is 15.5 Å². The van der Waals surface area contributed by atoms with Gasteiger partial charge in [-0.1, -0.05) is 36.9 Å². The molecule has 0 aliphatic carbocycles. The zero-order chi connectivity index (χ0) is 12.8. The van der Waals surface area contributed by atoms with E-state index >= 15 is 0 Å². The molecule has 2 aliphatic heterocycles. The fraction of sp³-hybridized carbons (Fsp3) is 0.357. The highest BCUT2D eigenvalue weighted by Crippen LogP contribution is 2.38. The zero-order valence-corrected chi connectivity index (χ0v) is 10.4. The minimum absolute atomic E-state index is 0.0737. The van der Waals surface area contributed by atoms with Crippen LogP contribution in [0.2, 0.25) is 0 Å². The van der Waals surface area contributed by atoms with Crippen molar-refractivity contribution in [2.75, 3.05) is 20.1 Å². The standard InChI is InChI=1S/C14H17N3O/c1-10-16-14(11-6-4-3-5-7-11)9-15-8-12(14)13(18)17(10)2/h3-7,12,15-16H,1,8-9H2,2H3/t12-,14+/m0/s1. The summed E-state index contributed by atoms with van der Waals surface area (Å²) in [6.07, 6.45) is 0. The zero-order valence-electron chi connectivity index (χ0n) is 10.4. The van der Waals surface area contributed by atoms with E-state index in [9.17, 15) is 4.79 Å². The number of nitrogens with zero attached hydrogens (tertiary/aromatic N) is 1. The van der Waals surface area contributed by atoms with E-state index in [2.05, 4.69) is 29.3 Å². The Hall–Kier alpha value is -1.81. The van der Waals surface area contributed by atoms with Crippen molar-refractivity contribution in [2.45, 2.75) is 5.54 Å². The summed E-state index contributed by atoms with van der Waals surface area (Å²) in [5, 5.41) is 6.76. The van der Waals surface area contributed by atoms with Gasteiger partial charge >= 0.3 is 0 Å². The first-order valence-corrected chi connectivity index (χ1v) is 6.16.